The highest BCUT2D eigenvalue weighted by Crippen LogP contribution is 2.25. The monoisotopic (exact) mass is 345 g/mol. The minimum atomic E-state index is 0.126. The number of H-pyrrole nitrogens is 1. The maximum atomic E-state index is 12.2. The number of Topliss-reactive ketones (excluding diaryl/α,β-unsaturated/α-hetero) is 1. The van der Waals surface area contributed by atoms with E-state index in [0.29, 0.717) is 5.75 Å². The van der Waals surface area contributed by atoms with Crippen LogP contribution in [0.4, 0.5) is 0 Å². The SMILES string of the molecule is O=C(CSc1cc2ccccc2[nH]1)c1ccccc1Br. The van der Waals surface area contributed by atoms with E-state index in [4.69, 9.17) is 0 Å². The van der Waals surface area contributed by atoms with Crippen molar-refractivity contribution in [2.45, 2.75) is 5.03 Å². The van der Waals surface area contributed by atoms with Crippen molar-refractivity contribution in [1.29, 1.82) is 0 Å². The Morgan fingerprint density at radius 3 is 2.65 bits per heavy atom. The highest BCUT2D eigenvalue weighted by molar-refractivity contribution is 9.10. The van der Waals surface area contributed by atoms with Crippen LogP contribution in [-0.4, -0.2) is 16.5 Å². The van der Waals surface area contributed by atoms with Gasteiger partial charge in [-0.3, -0.25) is 4.79 Å². The second kappa shape index (κ2) is 5.85. The lowest BCUT2D eigenvalue weighted by Gasteiger charge is -2.02. The largest absolute Gasteiger partial charge is 0.350 e. The van der Waals surface area contributed by atoms with E-state index in [1.807, 2.05) is 42.5 Å². The molecule has 0 fully saturated rings. The number of fused-ring (bicyclic) bond motifs is 1. The number of hydrogen-bond donors (Lipinski definition) is 1. The maximum absolute atomic E-state index is 12.2. The third kappa shape index (κ3) is 2.81. The molecule has 0 atom stereocenters. The molecule has 2 aromatic carbocycles. The number of thioether (sulfide) groups is 1. The second-order valence-electron chi connectivity index (χ2n) is 4.41. The molecule has 0 saturated carbocycles. The van der Waals surface area contributed by atoms with Gasteiger partial charge in [-0.2, -0.15) is 0 Å². The molecule has 1 heterocycles. The minimum absolute atomic E-state index is 0.126. The van der Waals surface area contributed by atoms with Crippen LogP contribution in [-0.2, 0) is 0 Å². The first-order valence-electron chi connectivity index (χ1n) is 6.22. The predicted octanol–water partition coefficient (Wildman–Crippen LogP) is 4.91. The van der Waals surface area contributed by atoms with E-state index >= 15 is 0 Å². The molecular weight excluding hydrogens is 334 g/mol. The summed E-state index contributed by atoms with van der Waals surface area (Å²) in [4.78, 5) is 15.5. The Labute approximate surface area is 129 Å². The topological polar surface area (TPSA) is 32.9 Å². The van der Waals surface area contributed by atoms with Crippen LogP contribution in [0.3, 0.4) is 0 Å². The lowest BCUT2D eigenvalue weighted by molar-refractivity contribution is 0.102. The molecule has 1 N–H and O–H groups in total. The van der Waals surface area contributed by atoms with Gasteiger partial charge in [0.1, 0.15) is 0 Å². The van der Waals surface area contributed by atoms with Gasteiger partial charge in [-0.25, -0.2) is 0 Å². The summed E-state index contributed by atoms with van der Waals surface area (Å²) in [5.74, 6) is 0.552. The van der Waals surface area contributed by atoms with Crippen molar-refractivity contribution in [3.63, 3.8) is 0 Å². The van der Waals surface area contributed by atoms with Crippen molar-refractivity contribution in [1.82, 2.24) is 4.98 Å². The molecule has 1 aromatic heterocycles. The fourth-order valence-electron chi connectivity index (χ4n) is 2.03. The van der Waals surface area contributed by atoms with Crippen LogP contribution in [0, 0.1) is 0 Å². The Kier molecular flexibility index (Phi) is 3.94. The third-order valence-corrected chi connectivity index (χ3v) is 4.67. The number of aromatic nitrogens is 1. The van der Waals surface area contributed by atoms with Gasteiger partial charge >= 0.3 is 0 Å². The number of ketones is 1. The molecule has 3 aromatic rings. The fourth-order valence-corrected chi connectivity index (χ4v) is 3.37. The minimum Gasteiger partial charge on any atom is -0.350 e. The highest BCUT2D eigenvalue weighted by Gasteiger charge is 2.10. The summed E-state index contributed by atoms with van der Waals surface area (Å²) >= 11 is 4.95. The molecule has 4 heteroatoms. The number of carbonyl (C=O) groups excluding carboxylic acids is 1. The van der Waals surface area contributed by atoms with E-state index in [-0.39, 0.29) is 5.78 Å². The number of benzene rings is 2. The van der Waals surface area contributed by atoms with Crippen molar-refractivity contribution in [3.8, 4) is 0 Å². The molecule has 0 aliphatic heterocycles. The first-order chi connectivity index (χ1) is 9.74. The van der Waals surface area contributed by atoms with Crippen LogP contribution in [0.1, 0.15) is 10.4 Å². The van der Waals surface area contributed by atoms with Crippen molar-refractivity contribution in [3.05, 3.63) is 64.6 Å². The van der Waals surface area contributed by atoms with Gasteiger partial charge in [-0.05, 0) is 18.2 Å². The molecule has 3 rings (SSSR count). The Morgan fingerprint density at radius 2 is 1.85 bits per heavy atom. The van der Waals surface area contributed by atoms with Gasteiger partial charge in [0.15, 0.2) is 5.78 Å². The summed E-state index contributed by atoms with van der Waals surface area (Å²) < 4.78 is 0.849. The maximum Gasteiger partial charge on any atom is 0.174 e. The quantitative estimate of drug-likeness (QED) is 0.538. The molecule has 2 nitrogen and oxygen atoms in total. The summed E-state index contributed by atoms with van der Waals surface area (Å²) in [6.07, 6.45) is 0. The summed E-state index contributed by atoms with van der Waals surface area (Å²) in [5, 5.41) is 2.19. The predicted molar refractivity (Wildman–Crippen MR) is 87.5 cm³/mol. The zero-order valence-electron chi connectivity index (χ0n) is 10.6. The summed E-state index contributed by atoms with van der Waals surface area (Å²) in [6.45, 7) is 0. The molecule has 0 radical (unpaired) electrons. The molecular formula is C16H12BrNOS. The summed E-state index contributed by atoms with van der Waals surface area (Å²) in [7, 11) is 0. The van der Waals surface area contributed by atoms with Gasteiger partial charge < -0.3 is 4.98 Å². The van der Waals surface area contributed by atoms with Gasteiger partial charge in [0.2, 0.25) is 0 Å². The van der Waals surface area contributed by atoms with Gasteiger partial charge in [-0.15, -0.1) is 11.8 Å². The number of nitrogens with one attached hydrogen (secondary N) is 1. The lowest BCUT2D eigenvalue weighted by atomic mass is 10.1. The molecule has 0 spiro atoms. The average Bonchev–Trinajstić information content (AvgIpc) is 2.88. The van der Waals surface area contributed by atoms with Crippen LogP contribution < -0.4 is 0 Å². The van der Waals surface area contributed by atoms with E-state index in [1.165, 1.54) is 17.1 Å². The van der Waals surface area contributed by atoms with E-state index in [0.717, 1.165) is 20.6 Å². The van der Waals surface area contributed by atoms with Gasteiger partial charge in [0, 0.05) is 20.9 Å². The zero-order valence-corrected chi connectivity index (χ0v) is 13.0. The fraction of sp³-hybridized carbons (Fsp3) is 0.0625. The van der Waals surface area contributed by atoms with E-state index in [2.05, 4.69) is 33.0 Å². The number of carbonyl (C=O) groups is 1. The molecule has 0 aliphatic rings. The van der Waals surface area contributed by atoms with Crippen LogP contribution in [0.15, 0.2) is 64.1 Å². The molecule has 0 unspecified atom stereocenters. The van der Waals surface area contributed by atoms with Gasteiger partial charge in [0.05, 0.1) is 10.8 Å². The van der Waals surface area contributed by atoms with Crippen LogP contribution in [0.5, 0.6) is 0 Å². The number of aromatic amines is 1. The molecule has 0 saturated heterocycles. The highest BCUT2D eigenvalue weighted by atomic mass is 79.9. The van der Waals surface area contributed by atoms with Crippen molar-refractivity contribution in [2.24, 2.45) is 0 Å². The number of rotatable bonds is 4. The summed E-state index contributed by atoms with van der Waals surface area (Å²) in [6, 6.07) is 17.7. The molecule has 0 amide bonds. The van der Waals surface area contributed by atoms with E-state index < -0.39 is 0 Å². The standard InChI is InChI=1S/C16H12BrNOS/c17-13-7-3-2-6-12(13)15(19)10-20-16-9-11-5-1-4-8-14(11)18-16/h1-9,18H,10H2. The Morgan fingerprint density at radius 1 is 1.10 bits per heavy atom. The van der Waals surface area contributed by atoms with Crippen molar-refractivity contribution in [2.75, 3.05) is 5.75 Å². The Bertz CT molecular complexity index is 733. The van der Waals surface area contributed by atoms with Crippen LogP contribution >= 0.6 is 27.7 Å². The Hall–Kier alpha value is -1.52. The Balaban J connectivity index is 1.73. The average molecular weight is 346 g/mol. The second-order valence-corrected chi connectivity index (χ2v) is 6.28. The van der Waals surface area contributed by atoms with Crippen molar-refractivity contribution < 1.29 is 4.79 Å². The van der Waals surface area contributed by atoms with Crippen LogP contribution in [0.2, 0.25) is 0 Å². The molecule has 100 valence electrons. The van der Waals surface area contributed by atoms with Gasteiger partial charge in [-0.1, -0.05) is 52.3 Å². The van der Waals surface area contributed by atoms with Crippen LogP contribution in [0.25, 0.3) is 10.9 Å². The van der Waals surface area contributed by atoms with Crippen molar-refractivity contribution >= 4 is 44.4 Å². The molecule has 20 heavy (non-hydrogen) atoms. The number of para-hydroxylation sites is 1. The number of hydrogen-bond acceptors (Lipinski definition) is 2. The smallest absolute Gasteiger partial charge is 0.174 e. The normalized spacial score (nSPS) is 10.8. The lowest BCUT2D eigenvalue weighted by Crippen LogP contribution is -2.03. The molecule has 0 bridgehead atoms. The number of halogens is 1. The van der Waals surface area contributed by atoms with Gasteiger partial charge in [0.25, 0.3) is 0 Å². The first-order valence-corrected chi connectivity index (χ1v) is 8.00. The molecule has 0 aliphatic carbocycles. The third-order valence-electron chi connectivity index (χ3n) is 3.04. The first kappa shape index (κ1) is 13.5. The van der Waals surface area contributed by atoms with E-state index in [9.17, 15) is 4.79 Å². The zero-order chi connectivity index (χ0) is 13.9. The summed E-state index contributed by atoms with van der Waals surface area (Å²) in [5.41, 5.74) is 1.83. The van der Waals surface area contributed by atoms with E-state index in [1.54, 1.807) is 0 Å².